The van der Waals surface area contributed by atoms with Crippen molar-refractivity contribution in [1.82, 2.24) is 0 Å². The van der Waals surface area contributed by atoms with Gasteiger partial charge in [0.25, 0.3) is 0 Å². The molecule has 100 valence electrons. The Morgan fingerprint density at radius 2 is 1.68 bits per heavy atom. The quantitative estimate of drug-likeness (QED) is 0.758. The van der Waals surface area contributed by atoms with Crippen molar-refractivity contribution in [3.63, 3.8) is 0 Å². The van der Waals surface area contributed by atoms with Crippen LogP contribution >= 0.6 is 31.9 Å². The van der Waals surface area contributed by atoms with E-state index in [4.69, 9.17) is 0 Å². The van der Waals surface area contributed by atoms with Crippen molar-refractivity contribution >= 4 is 31.9 Å². The molecular formula is C15H14Br2O2. The second-order valence-electron chi connectivity index (χ2n) is 4.34. The molecule has 0 saturated heterocycles. The van der Waals surface area contributed by atoms with Gasteiger partial charge >= 0.3 is 0 Å². The third-order valence-corrected chi connectivity index (χ3v) is 4.50. The lowest BCUT2D eigenvalue weighted by Gasteiger charge is -2.13. The largest absolute Gasteiger partial charge is 0.507 e. The van der Waals surface area contributed by atoms with Crippen molar-refractivity contribution in [2.45, 2.75) is 19.8 Å². The van der Waals surface area contributed by atoms with Crippen LogP contribution in [0.5, 0.6) is 11.5 Å². The molecule has 0 aliphatic carbocycles. The molecule has 0 atom stereocenters. The molecule has 2 nitrogen and oxygen atoms in total. The van der Waals surface area contributed by atoms with Gasteiger partial charge in [-0.05, 0) is 73.2 Å². The van der Waals surface area contributed by atoms with Crippen LogP contribution in [0.4, 0.5) is 0 Å². The number of hydrogen-bond donors (Lipinski definition) is 2. The molecule has 0 bridgehead atoms. The van der Waals surface area contributed by atoms with Gasteiger partial charge in [-0.25, -0.2) is 0 Å². The van der Waals surface area contributed by atoms with Crippen LogP contribution in [0.25, 0.3) is 11.1 Å². The van der Waals surface area contributed by atoms with Crippen LogP contribution in [-0.2, 0) is 6.42 Å². The minimum Gasteiger partial charge on any atom is -0.507 e. The van der Waals surface area contributed by atoms with Crippen LogP contribution in [0.15, 0.2) is 39.3 Å². The van der Waals surface area contributed by atoms with E-state index >= 15 is 0 Å². The number of halogens is 2. The first-order chi connectivity index (χ1) is 9.04. The van der Waals surface area contributed by atoms with Crippen molar-refractivity contribution in [2.75, 3.05) is 0 Å². The van der Waals surface area contributed by atoms with Gasteiger partial charge in [-0.1, -0.05) is 25.5 Å². The van der Waals surface area contributed by atoms with Gasteiger partial charge in [-0.3, -0.25) is 0 Å². The fourth-order valence-corrected chi connectivity index (χ4v) is 2.97. The Bertz CT molecular complexity index is 609. The second kappa shape index (κ2) is 5.97. The molecule has 0 aliphatic rings. The molecule has 0 saturated carbocycles. The van der Waals surface area contributed by atoms with Gasteiger partial charge in [0.15, 0.2) is 0 Å². The summed E-state index contributed by atoms with van der Waals surface area (Å²) in [6.07, 6.45) is 1.87. The van der Waals surface area contributed by atoms with E-state index in [1.807, 2.05) is 18.2 Å². The van der Waals surface area contributed by atoms with Crippen LogP contribution in [0.3, 0.4) is 0 Å². The van der Waals surface area contributed by atoms with Crippen LogP contribution in [0.1, 0.15) is 18.9 Å². The maximum absolute atomic E-state index is 9.80. The van der Waals surface area contributed by atoms with E-state index < -0.39 is 0 Å². The molecule has 0 heterocycles. The molecule has 2 rings (SSSR count). The Hall–Kier alpha value is -1.00. The first-order valence-corrected chi connectivity index (χ1v) is 7.62. The molecule has 2 N–H and O–H groups in total. The number of phenolic OH excluding ortho intramolecular Hbond substituents is 2. The van der Waals surface area contributed by atoms with E-state index in [-0.39, 0.29) is 11.5 Å². The van der Waals surface area contributed by atoms with Gasteiger partial charge < -0.3 is 10.2 Å². The second-order valence-corrected chi connectivity index (χ2v) is 5.99. The zero-order valence-corrected chi connectivity index (χ0v) is 13.6. The van der Waals surface area contributed by atoms with E-state index in [2.05, 4.69) is 38.8 Å². The zero-order valence-electron chi connectivity index (χ0n) is 10.5. The molecule has 0 fully saturated rings. The number of hydrogen-bond acceptors (Lipinski definition) is 2. The monoisotopic (exact) mass is 384 g/mol. The Morgan fingerprint density at radius 3 is 2.32 bits per heavy atom. The summed E-state index contributed by atoms with van der Waals surface area (Å²) >= 11 is 6.78. The van der Waals surface area contributed by atoms with E-state index in [0.29, 0.717) is 4.47 Å². The smallest absolute Gasteiger partial charge is 0.130 e. The van der Waals surface area contributed by atoms with Crippen LogP contribution in [-0.4, -0.2) is 10.2 Å². The molecule has 0 aromatic heterocycles. The molecule has 0 unspecified atom stereocenters. The van der Waals surface area contributed by atoms with Crippen molar-refractivity contribution in [1.29, 1.82) is 0 Å². The highest BCUT2D eigenvalue weighted by Crippen LogP contribution is 2.38. The molecule has 0 amide bonds. The number of rotatable bonds is 3. The SMILES string of the molecule is CCCc1c(-c2ccc(O)c(Br)c2)ccc(O)c1Br. The van der Waals surface area contributed by atoms with E-state index in [9.17, 15) is 10.2 Å². The summed E-state index contributed by atoms with van der Waals surface area (Å²) in [7, 11) is 0. The predicted molar refractivity (Wildman–Crippen MR) is 84.6 cm³/mol. The van der Waals surface area contributed by atoms with Gasteiger partial charge in [0.1, 0.15) is 11.5 Å². The summed E-state index contributed by atoms with van der Waals surface area (Å²) in [5.74, 6) is 0.476. The molecule has 2 aromatic carbocycles. The highest BCUT2D eigenvalue weighted by atomic mass is 79.9. The number of phenols is 2. The molecule has 4 heteroatoms. The number of aromatic hydroxyl groups is 2. The van der Waals surface area contributed by atoms with E-state index in [1.54, 1.807) is 12.1 Å². The standard InChI is InChI=1S/C15H14Br2O2/c1-2-3-11-10(5-7-14(19)15(11)17)9-4-6-13(18)12(16)8-9/h4-8,18-19H,2-3H2,1H3. The highest BCUT2D eigenvalue weighted by Gasteiger charge is 2.12. The van der Waals surface area contributed by atoms with Crippen molar-refractivity contribution < 1.29 is 10.2 Å². The maximum atomic E-state index is 9.80. The molecular weight excluding hydrogens is 372 g/mol. The van der Waals surface area contributed by atoms with Crippen LogP contribution < -0.4 is 0 Å². The van der Waals surface area contributed by atoms with Crippen molar-refractivity contribution in [3.8, 4) is 22.6 Å². The fraction of sp³-hybridized carbons (Fsp3) is 0.200. The summed E-state index contributed by atoms with van der Waals surface area (Å²) in [6, 6.07) is 9.00. The van der Waals surface area contributed by atoms with E-state index in [1.165, 1.54) is 0 Å². The average Bonchev–Trinajstić information content (AvgIpc) is 2.39. The maximum Gasteiger partial charge on any atom is 0.130 e. The lowest BCUT2D eigenvalue weighted by Crippen LogP contribution is -1.92. The fourth-order valence-electron chi connectivity index (χ4n) is 2.05. The van der Waals surface area contributed by atoms with E-state index in [0.717, 1.165) is 34.0 Å². The number of benzene rings is 2. The minimum atomic E-state index is 0.221. The lowest BCUT2D eigenvalue weighted by atomic mass is 9.96. The van der Waals surface area contributed by atoms with Crippen molar-refractivity contribution in [3.05, 3.63) is 44.8 Å². The topological polar surface area (TPSA) is 40.5 Å². The Morgan fingerprint density at radius 1 is 1.00 bits per heavy atom. The summed E-state index contributed by atoms with van der Waals surface area (Å²) in [4.78, 5) is 0. The minimum absolute atomic E-state index is 0.221. The van der Waals surface area contributed by atoms with Gasteiger partial charge in [0.2, 0.25) is 0 Å². The Labute approximate surface area is 129 Å². The molecule has 19 heavy (non-hydrogen) atoms. The van der Waals surface area contributed by atoms with Gasteiger partial charge in [-0.2, -0.15) is 0 Å². The summed E-state index contributed by atoms with van der Waals surface area (Å²) < 4.78 is 1.41. The molecule has 0 aliphatic heterocycles. The highest BCUT2D eigenvalue weighted by molar-refractivity contribution is 9.11. The normalized spacial score (nSPS) is 10.7. The molecule has 0 spiro atoms. The van der Waals surface area contributed by atoms with Gasteiger partial charge in [0, 0.05) is 0 Å². The summed E-state index contributed by atoms with van der Waals surface area (Å²) in [5.41, 5.74) is 3.15. The van der Waals surface area contributed by atoms with Crippen LogP contribution in [0.2, 0.25) is 0 Å². The Balaban J connectivity index is 2.60. The predicted octanol–water partition coefficient (Wildman–Crippen LogP) is 5.24. The van der Waals surface area contributed by atoms with Gasteiger partial charge in [-0.15, -0.1) is 0 Å². The van der Waals surface area contributed by atoms with Crippen LogP contribution in [0, 0.1) is 0 Å². The first-order valence-electron chi connectivity index (χ1n) is 6.03. The summed E-state index contributed by atoms with van der Waals surface area (Å²) in [5, 5.41) is 19.4. The molecule has 0 radical (unpaired) electrons. The Kier molecular flexibility index (Phi) is 4.53. The van der Waals surface area contributed by atoms with Crippen molar-refractivity contribution in [2.24, 2.45) is 0 Å². The zero-order chi connectivity index (χ0) is 14.0. The third-order valence-electron chi connectivity index (χ3n) is 2.98. The molecule has 2 aromatic rings. The third kappa shape index (κ3) is 2.95. The van der Waals surface area contributed by atoms with Gasteiger partial charge in [0.05, 0.1) is 8.95 Å². The average molecular weight is 386 g/mol. The lowest BCUT2D eigenvalue weighted by molar-refractivity contribution is 0.470. The summed E-state index contributed by atoms with van der Waals surface area (Å²) in [6.45, 7) is 2.10. The first kappa shape index (κ1) is 14.4.